The quantitative estimate of drug-likeness (QED) is 0.0915. The molecule has 0 spiro atoms. The molecule has 3 heterocycles. The molecule has 22 heteroatoms. The van der Waals surface area contributed by atoms with Crippen molar-refractivity contribution in [2.75, 3.05) is 25.5 Å². The summed E-state index contributed by atoms with van der Waals surface area (Å²) in [5.74, 6) is 0.0574. The Kier molecular flexibility index (Phi) is 13.7. The van der Waals surface area contributed by atoms with Crippen LogP contribution >= 0.6 is 23.5 Å². The van der Waals surface area contributed by atoms with Crippen LogP contribution in [0.25, 0.3) is 11.2 Å². The number of nitrogen functional groups attached to an aromatic ring is 1. The van der Waals surface area contributed by atoms with Crippen LogP contribution in [0, 0.1) is 0 Å². The monoisotopic (exact) mass is 716 g/mol. The first-order valence-electron chi connectivity index (χ1n) is 15.1. The van der Waals surface area contributed by atoms with Gasteiger partial charge in [-0.15, -0.1) is 0 Å². The maximum Gasteiger partial charge on any atom is 0.490 e. The van der Waals surface area contributed by atoms with E-state index in [1.54, 1.807) is 0 Å². The van der Waals surface area contributed by atoms with E-state index in [0.29, 0.717) is 18.9 Å². The number of hydrogen-bond acceptors (Lipinski definition) is 15. The minimum absolute atomic E-state index is 0.0574. The number of nitrogens with one attached hydrogen (secondary N) is 1. The molecule has 262 valence electrons. The summed E-state index contributed by atoms with van der Waals surface area (Å²) in [6, 6.07) is 0.547. The molecule has 0 aromatic carbocycles. The Bertz CT molecular complexity index is 1410. The van der Waals surface area contributed by atoms with Crippen molar-refractivity contribution < 1.29 is 61.0 Å². The van der Waals surface area contributed by atoms with Crippen molar-refractivity contribution in [1.82, 2.24) is 24.8 Å². The molecule has 46 heavy (non-hydrogen) atoms. The van der Waals surface area contributed by atoms with Gasteiger partial charge in [-0.1, -0.05) is 44.9 Å². The van der Waals surface area contributed by atoms with Crippen molar-refractivity contribution in [2.45, 2.75) is 101 Å². The van der Waals surface area contributed by atoms with Crippen molar-refractivity contribution in [3.63, 3.8) is 0 Å². The smallest absolute Gasteiger partial charge is 0.387 e. The van der Waals surface area contributed by atoms with E-state index >= 15 is 0 Å². The fraction of sp³-hybridized carbons (Fsp3) is 0.792. The highest BCUT2D eigenvalue weighted by molar-refractivity contribution is 7.66. The first kappa shape index (κ1) is 37.4. The van der Waals surface area contributed by atoms with Gasteiger partial charge in [0, 0.05) is 6.04 Å². The summed E-state index contributed by atoms with van der Waals surface area (Å²) in [5.41, 5.74) is 6.12. The standard InChI is InChI=1S/C24H43N6O13P3/c25-22-19-23(28-15-27-22)30(16-29-19)24-21(32)20(31)18(41-24)14-40-45(35,36)43-46(37,38)42-44(33,34)39-13-9-5-4-8-12-26-17-10-6-2-1-3-7-11-17/h15-18,20-21,24,26,31-32H,1-14H2,(H,33,34)(H,35,36)(H,37,38)(H2,25,27,28). The number of aromatic nitrogens is 4. The number of anilines is 1. The molecular weight excluding hydrogens is 673 g/mol. The third-order valence-electron chi connectivity index (χ3n) is 7.68. The molecular formula is C24H43N6O13P3. The number of rotatable bonds is 17. The number of phosphoric acid groups is 3. The fourth-order valence-corrected chi connectivity index (χ4v) is 8.92. The summed E-state index contributed by atoms with van der Waals surface area (Å²) in [5, 5.41) is 24.5. The van der Waals surface area contributed by atoms with Gasteiger partial charge < -0.3 is 40.7 Å². The van der Waals surface area contributed by atoms with Crippen LogP contribution in [-0.2, 0) is 36.1 Å². The summed E-state index contributed by atoms with van der Waals surface area (Å²) < 4.78 is 61.1. The molecule has 7 atom stereocenters. The molecule has 2 aromatic rings. The van der Waals surface area contributed by atoms with Gasteiger partial charge in [0.2, 0.25) is 0 Å². The zero-order valence-corrected chi connectivity index (χ0v) is 27.8. The minimum atomic E-state index is -5.67. The van der Waals surface area contributed by atoms with Crippen molar-refractivity contribution >= 4 is 40.4 Å². The first-order valence-corrected chi connectivity index (χ1v) is 19.6. The van der Waals surface area contributed by atoms with E-state index in [0.717, 1.165) is 25.7 Å². The number of aliphatic hydroxyl groups is 2. The van der Waals surface area contributed by atoms with E-state index in [4.69, 9.17) is 15.0 Å². The summed E-state index contributed by atoms with van der Waals surface area (Å²) in [6.07, 6.45) is 7.97. The zero-order chi connectivity index (χ0) is 33.4. The summed E-state index contributed by atoms with van der Waals surface area (Å²) in [7, 11) is -16.3. The molecule has 8 N–H and O–H groups in total. The number of phosphoric ester groups is 2. The van der Waals surface area contributed by atoms with Gasteiger partial charge in [-0.3, -0.25) is 13.6 Å². The summed E-state index contributed by atoms with van der Waals surface area (Å²) in [4.78, 5) is 41.4. The third-order valence-corrected chi connectivity index (χ3v) is 12.0. The van der Waals surface area contributed by atoms with E-state index in [1.165, 1.54) is 55.8 Å². The van der Waals surface area contributed by atoms with E-state index in [2.05, 4.69) is 33.4 Å². The average molecular weight is 717 g/mol. The molecule has 1 saturated carbocycles. The molecule has 1 aliphatic carbocycles. The number of aliphatic hydroxyl groups excluding tert-OH is 2. The van der Waals surface area contributed by atoms with Crippen LogP contribution in [0.1, 0.15) is 76.9 Å². The van der Waals surface area contributed by atoms with E-state index in [1.807, 2.05) is 0 Å². The topological polar surface area (TPSA) is 280 Å². The molecule has 4 rings (SSSR count). The molecule has 0 amide bonds. The number of ether oxygens (including phenoxy) is 1. The Labute approximate surface area is 265 Å². The number of hydrogen-bond donors (Lipinski definition) is 7. The van der Waals surface area contributed by atoms with Gasteiger partial charge in [0.05, 0.1) is 19.5 Å². The molecule has 1 aliphatic heterocycles. The van der Waals surface area contributed by atoms with Gasteiger partial charge in [0.15, 0.2) is 17.7 Å². The molecule has 1 saturated heterocycles. The lowest BCUT2D eigenvalue weighted by atomic mass is 9.96. The van der Waals surface area contributed by atoms with E-state index in [9.17, 15) is 38.6 Å². The normalized spacial score (nSPS) is 27.1. The fourth-order valence-electron chi connectivity index (χ4n) is 5.37. The first-order chi connectivity index (χ1) is 21.8. The molecule has 7 unspecified atom stereocenters. The molecule has 19 nitrogen and oxygen atoms in total. The van der Waals surface area contributed by atoms with Crippen LogP contribution in [0.4, 0.5) is 5.82 Å². The number of nitrogens with two attached hydrogens (primary N) is 1. The molecule has 0 bridgehead atoms. The Hall–Kier alpha value is -1.40. The lowest BCUT2D eigenvalue weighted by Crippen LogP contribution is -2.33. The maximum absolute atomic E-state index is 12.3. The minimum Gasteiger partial charge on any atom is -0.387 e. The Morgan fingerprint density at radius 2 is 1.52 bits per heavy atom. The predicted molar refractivity (Wildman–Crippen MR) is 162 cm³/mol. The van der Waals surface area contributed by atoms with Crippen LogP contribution in [0.3, 0.4) is 0 Å². The second-order valence-electron chi connectivity index (χ2n) is 11.2. The third kappa shape index (κ3) is 11.1. The number of unbranched alkanes of at least 4 members (excludes halogenated alkanes) is 3. The highest BCUT2D eigenvalue weighted by atomic mass is 31.3. The lowest BCUT2D eigenvalue weighted by Gasteiger charge is -2.21. The number of nitrogens with zero attached hydrogens (tertiary/aromatic N) is 4. The highest BCUT2D eigenvalue weighted by Gasteiger charge is 2.47. The van der Waals surface area contributed by atoms with Gasteiger partial charge in [-0.2, -0.15) is 8.62 Å². The van der Waals surface area contributed by atoms with Gasteiger partial charge in [-0.25, -0.2) is 28.6 Å². The van der Waals surface area contributed by atoms with Gasteiger partial charge in [0.1, 0.15) is 30.2 Å². The predicted octanol–water partition coefficient (Wildman–Crippen LogP) is 2.66. The van der Waals surface area contributed by atoms with Crippen molar-refractivity contribution in [3.05, 3.63) is 12.7 Å². The van der Waals surface area contributed by atoms with Gasteiger partial charge >= 0.3 is 23.5 Å². The Morgan fingerprint density at radius 1 is 0.870 bits per heavy atom. The molecule has 2 aliphatic rings. The number of imidazole rings is 1. The summed E-state index contributed by atoms with van der Waals surface area (Å²) >= 11 is 0. The number of fused-ring (bicyclic) bond motifs is 1. The van der Waals surface area contributed by atoms with Crippen LogP contribution in [0.15, 0.2) is 12.7 Å². The Morgan fingerprint density at radius 3 is 2.24 bits per heavy atom. The average Bonchev–Trinajstić information content (AvgIpc) is 3.50. The second kappa shape index (κ2) is 16.8. The largest absolute Gasteiger partial charge is 0.490 e. The molecule has 2 aromatic heterocycles. The van der Waals surface area contributed by atoms with Crippen LogP contribution in [0.2, 0.25) is 0 Å². The second-order valence-corrected chi connectivity index (χ2v) is 15.9. The van der Waals surface area contributed by atoms with E-state index in [-0.39, 0.29) is 23.6 Å². The van der Waals surface area contributed by atoms with Crippen molar-refractivity contribution in [3.8, 4) is 0 Å². The van der Waals surface area contributed by atoms with Crippen LogP contribution in [0.5, 0.6) is 0 Å². The van der Waals surface area contributed by atoms with Crippen molar-refractivity contribution in [1.29, 1.82) is 0 Å². The SMILES string of the molecule is Nc1ncnc2c1ncn2C1OC(COP(=O)(O)OP(=O)(O)OP(=O)(O)OCCCCCCNC2CCCCCCC2)C(O)C1O. The van der Waals surface area contributed by atoms with Gasteiger partial charge in [-0.05, 0) is 32.2 Å². The van der Waals surface area contributed by atoms with Gasteiger partial charge in [0.25, 0.3) is 0 Å². The van der Waals surface area contributed by atoms with Crippen LogP contribution in [-0.4, -0.2) is 88.5 Å². The summed E-state index contributed by atoms with van der Waals surface area (Å²) in [6.45, 7) is -0.320. The van der Waals surface area contributed by atoms with Crippen molar-refractivity contribution in [2.24, 2.45) is 0 Å². The lowest BCUT2D eigenvalue weighted by molar-refractivity contribution is -0.0503. The highest BCUT2D eigenvalue weighted by Crippen LogP contribution is 2.67. The zero-order valence-electron chi connectivity index (χ0n) is 25.2. The van der Waals surface area contributed by atoms with E-state index < -0.39 is 54.6 Å². The molecule has 2 fully saturated rings. The van der Waals surface area contributed by atoms with Crippen LogP contribution < -0.4 is 11.1 Å². The maximum atomic E-state index is 12.3. The molecule has 0 radical (unpaired) electrons. The Balaban J connectivity index is 1.15.